The van der Waals surface area contributed by atoms with Crippen LogP contribution in [0.4, 0.5) is 22.7 Å². The van der Waals surface area contributed by atoms with Crippen LogP contribution >= 0.6 is 0 Å². The number of rotatable bonds is 8. The summed E-state index contributed by atoms with van der Waals surface area (Å²) >= 11 is 0. The number of carboxylic acid groups (broad SMARTS) is 1. The summed E-state index contributed by atoms with van der Waals surface area (Å²) in [5.41, 5.74) is 1.20. The van der Waals surface area contributed by atoms with Gasteiger partial charge in [-0.2, -0.15) is 0 Å². The summed E-state index contributed by atoms with van der Waals surface area (Å²) in [4.78, 5) is 71.9. The van der Waals surface area contributed by atoms with E-state index in [1.54, 1.807) is 83.8 Å². The molecule has 10 nitrogen and oxygen atoms in total. The van der Waals surface area contributed by atoms with Gasteiger partial charge in [0, 0.05) is 17.4 Å². The second-order valence-corrected chi connectivity index (χ2v) is 10.4. The third-order valence-corrected chi connectivity index (χ3v) is 7.20. The fraction of sp³-hybridized carbons (Fsp3) is 0.147. The van der Waals surface area contributed by atoms with Crippen molar-refractivity contribution in [3.8, 4) is 0 Å². The normalized spacial score (nSPS) is 14.6. The first-order chi connectivity index (χ1) is 21.2. The highest BCUT2D eigenvalue weighted by atomic mass is 16.4. The Morgan fingerprint density at radius 3 is 1.91 bits per heavy atom. The summed E-state index contributed by atoms with van der Waals surface area (Å²) in [5, 5.41) is 12.1. The Balaban J connectivity index is 1.61. The molecule has 0 spiro atoms. The number of fused-ring (bicyclic) bond motifs is 1. The minimum atomic E-state index is -1.78. The first-order valence-electron chi connectivity index (χ1n) is 14.0. The lowest BCUT2D eigenvalue weighted by molar-refractivity contribution is -0.129. The van der Waals surface area contributed by atoms with E-state index in [0.717, 1.165) is 0 Å². The summed E-state index contributed by atoms with van der Waals surface area (Å²) in [6, 6.07) is 27.8. The number of nitrogens with one attached hydrogen (secondary N) is 1. The molecule has 4 amide bonds. The Hall–Kier alpha value is -5.77. The van der Waals surface area contributed by atoms with Crippen molar-refractivity contribution in [2.75, 3.05) is 21.2 Å². The minimum Gasteiger partial charge on any atom is -0.478 e. The molecule has 4 aromatic rings. The molecule has 1 atom stereocenters. The highest BCUT2D eigenvalue weighted by Crippen LogP contribution is 2.38. The van der Waals surface area contributed by atoms with Gasteiger partial charge in [0.2, 0.25) is 5.91 Å². The van der Waals surface area contributed by atoms with Gasteiger partial charge in [0.25, 0.3) is 17.7 Å². The lowest BCUT2D eigenvalue weighted by Gasteiger charge is -2.31. The van der Waals surface area contributed by atoms with E-state index in [0.29, 0.717) is 22.7 Å². The molecule has 0 saturated heterocycles. The Morgan fingerprint density at radius 2 is 1.30 bits per heavy atom. The molecule has 0 fully saturated rings. The van der Waals surface area contributed by atoms with E-state index in [1.807, 2.05) is 19.9 Å². The van der Waals surface area contributed by atoms with Crippen molar-refractivity contribution in [1.82, 2.24) is 5.32 Å². The molecule has 44 heavy (non-hydrogen) atoms. The number of hydrogen-bond acceptors (Lipinski definition) is 5. The van der Waals surface area contributed by atoms with Crippen LogP contribution in [-0.4, -0.2) is 53.3 Å². The van der Waals surface area contributed by atoms with E-state index in [9.17, 15) is 29.1 Å². The van der Waals surface area contributed by atoms with Gasteiger partial charge in [-0.1, -0.05) is 60.7 Å². The van der Waals surface area contributed by atoms with Gasteiger partial charge in [0.15, 0.2) is 6.04 Å². The maximum absolute atomic E-state index is 14.3. The second kappa shape index (κ2) is 12.6. The van der Waals surface area contributed by atoms with Gasteiger partial charge >= 0.3 is 5.97 Å². The van der Waals surface area contributed by atoms with Crippen molar-refractivity contribution < 1.29 is 29.1 Å². The van der Waals surface area contributed by atoms with Crippen molar-refractivity contribution in [1.29, 1.82) is 0 Å². The number of aromatic carboxylic acids is 1. The molecule has 0 radical (unpaired) electrons. The number of hydrogen-bond donors (Lipinski definition) is 2. The zero-order valence-electron chi connectivity index (χ0n) is 24.1. The number of carbonyl (C=O) groups is 5. The maximum atomic E-state index is 14.3. The van der Waals surface area contributed by atoms with Gasteiger partial charge in [-0.05, 0) is 62.4 Å². The van der Waals surface area contributed by atoms with Crippen LogP contribution in [0.1, 0.15) is 34.6 Å². The summed E-state index contributed by atoms with van der Waals surface area (Å²) in [6.45, 7) is 3.27. The van der Waals surface area contributed by atoms with Crippen LogP contribution in [-0.2, 0) is 14.4 Å². The first-order valence-corrected chi connectivity index (χ1v) is 14.0. The average molecular weight is 591 g/mol. The fourth-order valence-corrected chi connectivity index (χ4v) is 5.25. The van der Waals surface area contributed by atoms with Gasteiger partial charge < -0.3 is 15.3 Å². The van der Waals surface area contributed by atoms with E-state index in [2.05, 4.69) is 5.32 Å². The van der Waals surface area contributed by atoms with Crippen LogP contribution < -0.4 is 20.0 Å². The Bertz CT molecular complexity index is 1720. The molecule has 1 aliphatic rings. The van der Waals surface area contributed by atoms with Crippen LogP contribution in [0.3, 0.4) is 0 Å². The monoisotopic (exact) mass is 590 g/mol. The number of carbonyl (C=O) groups excluding carboxylic acids is 4. The van der Waals surface area contributed by atoms with Gasteiger partial charge in [-0.15, -0.1) is 0 Å². The van der Waals surface area contributed by atoms with Gasteiger partial charge in [0.05, 0.1) is 22.5 Å². The summed E-state index contributed by atoms with van der Waals surface area (Å²) in [6.07, 6.45) is 0. The summed E-state index contributed by atoms with van der Waals surface area (Å²) in [5.74, 6) is -4.28. The van der Waals surface area contributed by atoms with Crippen molar-refractivity contribution in [2.45, 2.75) is 25.9 Å². The topological polar surface area (TPSA) is 127 Å². The average Bonchev–Trinajstić information content (AvgIpc) is 3.10. The number of benzene rings is 4. The maximum Gasteiger partial charge on any atom is 0.336 e. The van der Waals surface area contributed by atoms with Crippen molar-refractivity contribution in [3.05, 3.63) is 120 Å². The van der Waals surface area contributed by atoms with E-state index >= 15 is 0 Å². The van der Waals surface area contributed by atoms with Gasteiger partial charge in [0.1, 0.15) is 6.54 Å². The fourth-order valence-electron chi connectivity index (χ4n) is 5.25. The zero-order valence-corrected chi connectivity index (χ0v) is 24.1. The molecule has 0 aliphatic carbocycles. The Morgan fingerprint density at radius 1 is 0.750 bits per heavy atom. The molecular formula is C34H30N4O6. The van der Waals surface area contributed by atoms with Gasteiger partial charge in [-0.3, -0.25) is 29.0 Å². The highest BCUT2D eigenvalue weighted by molar-refractivity contribution is 6.25. The molecule has 1 aliphatic heterocycles. The molecule has 222 valence electrons. The molecule has 10 heteroatoms. The van der Waals surface area contributed by atoms with E-state index in [1.165, 1.54) is 34.1 Å². The number of para-hydroxylation sites is 4. The molecule has 4 aromatic carbocycles. The number of anilines is 4. The van der Waals surface area contributed by atoms with Gasteiger partial charge in [-0.25, -0.2) is 4.79 Å². The molecule has 1 heterocycles. The third kappa shape index (κ3) is 5.78. The largest absolute Gasteiger partial charge is 0.478 e. The molecule has 2 N–H and O–H groups in total. The van der Waals surface area contributed by atoms with E-state index in [-0.39, 0.29) is 17.2 Å². The lowest BCUT2D eigenvalue weighted by atomic mass is 10.1. The van der Waals surface area contributed by atoms with Crippen LogP contribution in [0.15, 0.2) is 109 Å². The first kappa shape index (κ1) is 29.7. The highest BCUT2D eigenvalue weighted by Gasteiger charge is 2.43. The van der Waals surface area contributed by atoms with Crippen molar-refractivity contribution in [2.24, 2.45) is 0 Å². The van der Waals surface area contributed by atoms with E-state index in [4.69, 9.17) is 0 Å². The van der Waals surface area contributed by atoms with E-state index < -0.39 is 42.2 Å². The number of carboxylic acids is 1. The summed E-state index contributed by atoms with van der Waals surface area (Å²) in [7, 11) is 0. The van der Waals surface area contributed by atoms with Crippen LogP contribution in [0.25, 0.3) is 0 Å². The molecule has 1 unspecified atom stereocenters. The standard InChI is InChI=1S/C34H30N4O6/c1-22(2)37(23-13-5-3-6-14-23)29(39)21-36-27-19-11-12-20-28(27)38(24-15-7-4-8-16-24)33(42)30(32(36)41)35-31(40)25-17-9-10-18-26(25)34(43)44/h3-20,22,30H,21H2,1-2H3,(H,35,40)(H,43,44). The van der Waals surface area contributed by atoms with Crippen molar-refractivity contribution >= 4 is 52.3 Å². The molecular weight excluding hydrogens is 560 g/mol. The third-order valence-electron chi connectivity index (χ3n) is 7.20. The quantitative estimate of drug-likeness (QED) is 0.288. The minimum absolute atomic E-state index is 0.216. The lowest BCUT2D eigenvalue weighted by Crippen LogP contribution is -2.56. The number of nitrogens with zero attached hydrogens (tertiary/aromatic N) is 3. The SMILES string of the molecule is CC(C)N(C(=O)CN1C(=O)C(NC(=O)c2ccccc2C(=O)O)C(=O)N(c2ccccc2)c2ccccc21)c1ccccc1. The molecule has 0 aromatic heterocycles. The van der Waals surface area contributed by atoms with Crippen LogP contribution in [0.2, 0.25) is 0 Å². The van der Waals surface area contributed by atoms with Crippen molar-refractivity contribution in [3.63, 3.8) is 0 Å². The Labute approximate surface area is 254 Å². The second-order valence-electron chi connectivity index (χ2n) is 10.4. The number of amides is 4. The van der Waals surface area contributed by atoms with Crippen LogP contribution in [0.5, 0.6) is 0 Å². The molecule has 0 saturated carbocycles. The molecule has 0 bridgehead atoms. The molecule has 5 rings (SSSR count). The predicted molar refractivity (Wildman–Crippen MR) is 166 cm³/mol. The Kier molecular flexibility index (Phi) is 8.52. The van der Waals surface area contributed by atoms with Crippen LogP contribution in [0, 0.1) is 0 Å². The zero-order chi connectivity index (χ0) is 31.4. The smallest absolute Gasteiger partial charge is 0.336 e. The predicted octanol–water partition coefficient (Wildman–Crippen LogP) is 4.64. The summed E-state index contributed by atoms with van der Waals surface area (Å²) < 4.78 is 0.